The third-order valence-corrected chi connectivity index (χ3v) is 1.27. The molecule has 4 heteroatoms. The normalized spacial score (nSPS) is 8.67. The predicted molar refractivity (Wildman–Crippen MR) is 33.1 cm³/mol. The minimum atomic E-state index is -2.03. The van der Waals surface area contributed by atoms with Crippen molar-refractivity contribution in [1.82, 2.24) is 0 Å². The third-order valence-electron chi connectivity index (χ3n) is 1.27. The molecule has 0 aromatic heterocycles. The molecule has 0 N–H and O–H groups in total. The zero-order valence-corrected chi connectivity index (χ0v) is 5.13. The van der Waals surface area contributed by atoms with Gasteiger partial charge in [-0.3, -0.25) is 0 Å². The van der Waals surface area contributed by atoms with E-state index in [1.165, 1.54) is 0 Å². The summed E-state index contributed by atoms with van der Waals surface area (Å²) < 4.78 is 0. The van der Waals surface area contributed by atoms with Gasteiger partial charge in [0.15, 0.2) is 0 Å². The summed E-state index contributed by atoms with van der Waals surface area (Å²) in [5, 5.41) is 24.9. The highest BCUT2D eigenvalue weighted by Crippen LogP contribution is 2.03. The standard InChI is InChI=1S/C5H5BN3/c1-2-6(3-7,4-8)5-9/h2H2,1H3/q-1. The lowest BCUT2D eigenvalue weighted by Gasteiger charge is -2.08. The summed E-state index contributed by atoms with van der Waals surface area (Å²) in [6, 6.07) is 0. The predicted octanol–water partition coefficient (Wildman–Crippen LogP) is 0.643. The van der Waals surface area contributed by atoms with E-state index in [2.05, 4.69) is 0 Å². The van der Waals surface area contributed by atoms with Gasteiger partial charge in [-0.25, -0.2) is 15.8 Å². The van der Waals surface area contributed by atoms with Gasteiger partial charge in [0.05, 0.1) is 0 Å². The molecule has 9 heavy (non-hydrogen) atoms. The quantitative estimate of drug-likeness (QED) is 0.474. The molecule has 0 rings (SSSR count). The molecular weight excluding hydrogens is 113 g/mol. The van der Waals surface area contributed by atoms with Crippen molar-refractivity contribution in [2.24, 2.45) is 0 Å². The second kappa shape index (κ2) is 2.75. The van der Waals surface area contributed by atoms with E-state index in [4.69, 9.17) is 15.8 Å². The van der Waals surface area contributed by atoms with Gasteiger partial charge in [-0.2, -0.15) is 0 Å². The third kappa shape index (κ3) is 1.21. The summed E-state index contributed by atoms with van der Waals surface area (Å²) >= 11 is 0. The molecule has 0 heterocycles. The Hall–Kier alpha value is -1.47. The van der Waals surface area contributed by atoms with E-state index in [9.17, 15) is 0 Å². The summed E-state index contributed by atoms with van der Waals surface area (Å²) in [5.41, 5.74) is 0. The van der Waals surface area contributed by atoms with Gasteiger partial charge >= 0.3 is 0 Å². The van der Waals surface area contributed by atoms with Gasteiger partial charge in [0, 0.05) is 0 Å². The van der Waals surface area contributed by atoms with Gasteiger partial charge in [0.1, 0.15) is 0 Å². The first-order chi connectivity index (χ1) is 4.24. The molecule has 0 saturated heterocycles. The molecule has 0 radical (unpaired) electrons. The molecule has 44 valence electrons. The molecule has 0 fully saturated rings. The fourth-order valence-electron chi connectivity index (χ4n) is 0.360. The fourth-order valence-corrected chi connectivity index (χ4v) is 0.360. The van der Waals surface area contributed by atoms with Crippen LogP contribution in [0, 0.1) is 33.7 Å². The van der Waals surface area contributed by atoms with Crippen molar-refractivity contribution in [2.45, 2.75) is 13.2 Å². The Morgan fingerprint density at radius 1 is 1.11 bits per heavy atom. The molecule has 0 amide bonds. The van der Waals surface area contributed by atoms with Crippen LogP contribution in [-0.2, 0) is 0 Å². The van der Waals surface area contributed by atoms with Crippen LogP contribution in [0.3, 0.4) is 0 Å². The molecule has 0 aromatic carbocycles. The lowest BCUT2D eigenvalue weighted by atomic mass is 9.27. The first kappa shape index (κ1) is 7.53. The van der Waals surface area contributed by atoms with Gasteiger partial charge in [-0.05, 0) is 0 Å². The number of nitriles is 3. The molecule has 0 bridgehead atoms. The Labute approximate surface area is 54.0 Å². The van der Waals surface area contributed by atoms with Crippen LogP contribution in [-0.4, -0.2) is 6.15 Å². The lowest BCUT2D eigenvalue weighted by Crippen LogP contribution is -2.27. The van der Waals surface area contributed by atoms with Gasteiger partial charge in [-0.15, -0.1) is 24.2 Å². The average Bonchev–Trinajstić information content (AvgIpc) is 1.95. The number of hydrogen-bond acceptors (Lipinski definition) is 3. The smallest absolute Gasteiger partial charge is 0.247 e. The number of nitrogens with zero attached hydrogens (tertiary/aromatic N) is 3. The van der Waals surface area contributed by atoms with Crippen LogP contribution < -0.4 is 0 Å². The van der Waals surface area contributed by atoms with Crippen LogP contribution in [0.2, 0.25) is 6.32 Å². The van der Waals surface area contributed by atoms with Crippen LogP contribution >= 0.6 is 0 Å². The molecule has 0 atom stereocenters. The van der Waals surface area contributed by atoms with Gasteiger partial charge in [0.25, 0.3) is 6.15 Å². The van der Waals surface area contributed by atoms with Crippen LogP contribution in [0.25, 0.3) is 0 Å². The monoisotopic (exact) mass is 118 g/mol. The minimum Gasteiger partial charge on any atom is -0.247 e. The van der Waals surface area contributed by atoms with Gasteiger partial charge in [0.2, 0.25) is 0 Å². The second-order valence-electron chi connectivity index (χ2n) is 1.84. The molecule has 0 aliphatic carbocycles. The number of hydrogen-bond donors (Lipinski definition) is 0. The highest BCUT2D eigenvalue weighted by Gasteiger charge is 2.20. The van der Waals surface area contributed by atoms with Gasteiger partial charge in [-0.1, -0.05) is 6.92 Å². The summed E-state index contributed by atoms with van der Waals surface area (Å²) in [5.74, 6) is 5.11. The van der Waals surface area contributed by atoms with Crippen molar-refractivity contribution in [3.05, 3.63) is 0 Å². The Morgan fingerprint density at radius 2 is 1.44 bits per heavy atom. The Balaban J connectivity index is 4.54. The average molecular weight is 118 g/mol. The molecule has 0 saturated carbocycles. The largest absolute Gasteiger partial charge is 0.298 e. The fraction of sp³-hybridized carbons (Fsp3) is 0.400. The lowest BCUT2D eigenvalue weighted by molar-refractivity contribution is 1.38. The second-order valence-corrected chi connectivity index (χ2v) is 1.84. The molecular formula is C5H5BN3-. The first-order valence-corrected chi connectivity index (χ1v) is 2.65. The zero-order chi connectivity index (χ0) is 7.33. The summed E-state index contributed by atoms with van der Waals surface area (Å²) in [6.45, 7) is 1.66. The van der Waals surface area contributed by atoms with Crippen LogP contribution in [0.15, 0.2) is 0 Å². The van der Waals surface area contributed by atoms with Crippen molar-refractivity contribution in [1.29, 1.82) is 15.8 Å². The van der Waals surface area contributed by atoms with E-state index < -0.39 is 6.15 Å². The van der Waals surface area contributed by atoms with Crippen LogP contribution in [0.5, 0.6) is 0 Å². The van der Waals surface area contributed by atoms with Crippen LogP contribution in [0.1, 0.15) is 6.92 Å². The Morgan fingerprint density at radius 3 is 1.44 bits per heavy atom. The molecule has 0 aromatic rings. The summed E-state index contributed by atoms with van der Waals surface area (Å²) in [7, 11) is 0. The zero-order valence-electron chi connectivity index (χ0n) is 5.13. The molecule has 0 aliphatic heterocycles. The Kier molecular flexibility index (Phi) is 2.30. The molecule has 0 aliphatic rings. The van der Waals surface area contributed by atoms with E-state index in [1.54, 1.807) is 24.8 Å². The first-order valence-electron chi connectivity index (χ1n) is 2.65. The van der Waals surface area contributed by atoms with E-state index in [1.807, 2.05) is 0 Å². The number of rotatable bonds is 1. The van der Waals surface area contributed by atoms with Gasteiger partial charge < -0.3 is 0 Å². The summed E-state index contributed by atoms with van der Waals surface area (Å²) in [4.78, 5) is 0. The van der Waals surface area contributed by atoms with E-state index in [0.29, 0.717) is 6.32 Å². The topological polar surface area (TPSA) is 71.4 Å². The maximum atomic E-state index is 8.31. The molecule has 3 nitrogen and oxygen atoms in total. The van der Waals surface area contributed by atoms with Crippen LogP contribution in [0.4, 0.5) is 0 Å². The molecule has 0 spiro atoms. The van der Waals surface area contributed by atoms with Crippen molar-refractivity contribution in [3.8, 4) is 17.9 Å². The Bertz CT molecular complexity index is 178. The summed E-state index contributed by atoms with van der Waals surface area (Å²) in [6.07, 6.45) is -1.70. The maximum Gasteiger partial charge on any atom is 0.298 e. The minimum absolute atomic E-state index is 0.323. The van der Waals surface area contributed by atoms with Crippen molar-refractivity contribution in [3.63, 3.8) is 0 Å². The SMILES string of the molecule is CC[B-](C#N)(C#N)C#N. The van der Waals surface area contributed by atoms with E-state index >= 15 is 0 Å². The van der Waals surface area contributed by atoms with Crippen molar-refractivity contribution >= 4 is 6.15 Å². The van der Waals surface area contributed by atoms with E-state index in [0.717, 1.165) is 0 Å². The highest BCUT2D eigenvalue weighted by atomic mass is 14.3. The maximum absolute atomic E-state index is 8.31. The van der Waals surface area contributed by atoms with E-state index in [-0.39, 0.29) is 0 Å². The van der Waals surface area contributed by atoms with Crippen molar-refractivity contribution in [2.75, 3.05) is 0 Å². The van der Waals surface area contributed by atoms with Crippen molar-refractivity contribution < 1.29 is 0 Å². The highest BCUT2D eigenvalue weighted by molar-refractivity contribution is 6.99. The molecule has 0 unspecified atom stereocenters.